The number of aliphatic carboxylic acids is 1. The van der Waals surface area contributed by atoms with Gasteiger partial charge in [0.25, 0.3) is 5.91 Å². The zero-order chi connectivity index (χ0) is 18.8. The van der Waals surface area contributed by atoms with Crippen molar-refractivity contribution in [3.05, 3.63) is 64.0 Å². The molecule has 2 aromatic carbocycles. The van der Waals surface area contributed by atoms with Crippen molar-refractivity contribution in [2.75, 3.05) is 0 Å². The zero-order valence-electron chi connectivity index (χ0n) is 14.9. The van der Waals surface area contributed by atoms with E-state index in [0.717, 1.165) is 21.3 Å². The number of thiazole rings is 1. The van der Waals surface area contributed by atoms with Crippen LogP contribution in [0.15, 0.2) is 47.5 Å². The van der Waals surface area contributed by atoms with Gasteiger partial charge in [-0.05, 0) is 50.1 Å². The predicted molar refractivity (Wildman–Crippen MR) is 103 cm³/mol. The van der Waals surface area contributed by atoms with E-state index in [4.69, 9.17) is 0 Å². The van der Waals surface area contributed by atoms with Gasteiger partial charge in [-0.25, -0.2) is 4.79 Å². The van der Waals surface area contributed by atoms with Crippen LogP contribution >= 0.6 is 11.3 Å². The van der Waals surface area contributed by atoms with E-state index >= 15 is 0 Å². The van der Waals surface area contributed by atoms with Crippen LogP contribution in [0.1, 0.15) is 40.9 Å². The predicted octanol–water partition coefficient (Wildman–Crippen LogP) is 4.10. The molecule has 3 aromatic rings. The Kier molecular flexibility index (Phi) is 5.04. The largest absolute Gasteiger partial charge is 0.480 e. The third kappa shape index (κ3) is 3.46. The average Bonchev–Trinajstić information content (AvgIpc) is 2.93. The molecule has 134 valence electrons. The topological polar surface area (TPSA) is 71.7 Å². The number of aryl methyl sites for hydroxylation is 2. The molecule has 6 heteroatoms. The van der Waals surface area contributed by atoms with Crippen molar-refractivity contribution in [3.63, 3.8) is 0 Å². The molecule has 0 bridgehead atoms. The molecule has 0 saturated heterocycles. The lowest BCUT2D eigenvalue weighted by Gasteiger charge is -2.13. The summed E-state index contributed by atoms with van der Waals surface area (Å²) in [5.74, 6) is -1.31. The van der Waals surface area contributed by atoms with Crippen LogP contribution in [0.5, 0.6) is 0 Å². The molecule has 0 aliphatic carbocycles. The fourth-order valence-electron chi connectivity index (χ4n) is 2.85. The highest BCUT2D eigenvalue weighted by Crippen LogP contribution is 2.24. The minimum Gasteiger partial charge on any atom is -0.480 e. The maximum absolute atomic E-state index is 12.6. The highest BCUT2D eigenvalue weighted by Gasteiger charge is 2.22. The van der Waals surface area contributed by atoms with Crippen molar-refractivity contribution in [2.24, 2.45) is 4.99 Å². The first-order valence-electron chi connectivity index (χ1n) is 8.41. The Bertz CT molecular complexity index is 1050. The molecule has 3 rings (SSSR count). The summed E-state index contributed by atoms with van der Waals surface area (Å²) in [5.41, 5.74) is 3.40. The van der Waals surface area contributed by atoms with Crippen LogP contribution in [-0.2, 0) is 4.79 Å². The number of rotatable bonds is 4. The normalized spacial score (nSPS) is 13.1. The third-order valence-corrected chi connectivity index (χ3v) is 5.28. The van der Waals surface area contributed by atoms with Crippen molar-refractivity contribution in [2.45, 2.75) is 33.2 Å². The molecule has 1 unspecified atom stereocenters. The van der Waals surface area contributed by atoms with Gasteiger partial charge in [-0.3, -0.25) is 4.79 Å². The number of hydrogen-bond acceptors (Lipinski definition) is 3. The molecule has 1 N–H and O–H groups in total. The fraction of sp³-hybridized carbons (Fsp3) is 0.250. The molecule has 0 spiro atoms. The molecule has 5 nitrogen and oxygen atoms in total. The summed E-state index contributed by atoms with van der Waals surface area (Å²) in [7, 11) is 0. The minimum atomic E-state index is -0.933. The lowest BCUT2D eigenvalue weighted by atomic mass is 10.1. The van der Waals surface area contributed by atoms with E-state index in [2.05, 4.69) is 4.99 Å². The van der Waals surface area contributed by atoms with Gasteiger partial charge < -0.3 is 9.67 Å². The van der Waals surface area contributed by atoms with Gasteiger partial charge in [0.2, 0.25) is 0 Å². The number of amides is 1. The van der Waals surface area contributed by atoms with Gasteiger partial charge in [-0.1, -0.05) is 42.0 Å². The Balaban J connectivity index is 2.22. The summed E-state index contributed by atoms with van der Waals surface area (Å²) in [6.45, 7) is 5.74. The molecule has 1 amide bonds. The fourth-order valence-corrected chi connectivity index (χ4v) is 4.01. The number of carbonyl (C=O) groups excluding carboxylic acids is 1. The maximum Gasteiger partial charge on any atom is 0.326 e. The molecule has 0 aliphatic rings. The molecule has 0 radical (unpaired) electrons. The summed E-state index contributed by atoms with van der Waals surface area (Å²) in [4.78, 5) is 29.0. The van der Waals surface area contributed by atoms with Gasteiger partial charge >= 0.3 is 5.97 Å². The van der Waals surface area contributed by atoms with Gasteiger partial charge in [0.15, 0.2) is 4.80 Å². The zero-order valence-corrected chi connectivity index (χ0v) is 15.7. The Morgan fingerprint density at radius 2 is 1.77 bits per heavy atom. The second-order valence-electron chi connectivity index (χ2n) is 6.27. The standard InChI is InChI=1S/C20H20N2O3S/c1-4-15(19(24)25)22-16-10-7-13(3)11-17(16)26-20(22)21-18(23)14-8-5-12(2)6-9-14/h5-11,15H,4H2,1-3H3,(H,24,25). The quantitative estimate of drug-likeness (QED) is 0.754. The Hall–Kier alpha value is -2.73. The molecule has 26 heavy (non-hydrogen) atoms. The number of nitrogens with zero attached hydrogens (tertiary/aromatic N) is 2. The van der Waals surface area contributed by atoms with Gasteiger partial charge in [-0.2, -0.15) is 4.99 Å². The van der Waals surface area contributed by atoms with Crippen LogP contribution in [0.25, 0.3) is 10.2 Å². The second-order valence-corrected chi connectivity index (χ2v) is 7.28. The van der Waals surface area contributed by atoms with Crippen LogP contribution in [-0.4, -0.2) is 21.6 Å². The van der Waals surface area contributed by atoms with Crippen LogP contribution in [0.3, 0.4) is 0 Å². The molecule has 1 atom stereocenters. The van der Waals surface area contributed by atoms with Crippen LogP contribution < -0.4 is 4.80 Å². The Morgan fingerprint density at radius 1 is 1.12 bits per heavy atom. The van der Waals surface area contributed by atoms with Crippen molar-refractivity contribution < 1.29 is 14.7 Å². The lowest BCUT2D eigenvalue weighted by Crippen LogP contribution is -2.27. The van der Waals surface area contributed by atoms with Crippen molar-refractivity contribution in [1.29, 1.82) is 0 Å². The van der Waals surface area contributed by atoms with E-state index < -0.39 is 12.0 Å². The van der Waals surface area contributed by atoms with Crippen LogP contribution in [0.2, 0.25) is 0 Å². The summed E-state index contributed by atoms with van der Waals surface area (Å²) < 4.78 is 2.58. The second kappa shape index (κ2) is 7.25. The minimum absolute atomic E-state index is 0.373. The smallest absolute Gasteiger partial charge is 0.326 e. The highest BCUT2D eigenvalue weighted by atomic mass is 32.1. The lowest BCUT2D eigenvalue weighted by molar-refractivity contribution is -0.140. The molecule has 0 saturated carbocycles. The number of aromatic nitrogens is 1. The Labute approximate surface area is 155 Å². The van der Waals surface area contributed by atoms with Crippen LogP contribution in [0, 0.1) is 13.8 Å². The first kappa shape index (κ1) is 18.1. The Morgan fingerprint density at radius 3 is 2.38 bits per heavy atom. The summed E-state index contributed by atoms with van der Waals surface area (Å²) in [5, 5.41) is 9.62. The number of carboxylic acid groups (broad SMARTS) is 1. The van der Waals surface area contributed by atoms with Gasteiger partial charge in [0.1, 0.15) is 6.04 Å². The first-order valence-corrected chi connectivity index (χ1v) is 9.22. The third-order valence-electron chi connectivity index (χ3n) is 4.26. The van der Waals surface area contributed by atoms with E-state index in [1.54, 1.807) is 16.7 Å². The average molecular weight is 368 g/mol. The molecule has 0 aliphatic heterocycles. The highest BCUT2D eigenvalue weighted by molar-refractivity contribution is 7.16. The van der Waals surface area contributed by atoms with Crippen molar-refractivity contribution in [1.82, 2.24) is 4.57 Å². The summed E-state index contributed by atoms with van der Waals surface area (Å²) in [6, 6.07) is 12.2. The molecule has 1 aromatic heterocycles. The van der Waals surface area contributed by atoms with E-state index in [9.17, 15) is 14.7 Å². The number of hydrogen-bond donors (Lipinski definition) is 1. The summed E-state index contributed by atoms with van der Waals surface area (Å²) >= 11 is 1.34. The maximum atomic E-state index is 12.6. The SMILES string of the molecule is CCC(C(=O)O)n1c(=NC(=O)c2ccc(C)cc2)sc2cc(C)ccc21. The molecule has 0 fully saturated rings. The van der Waals surface area contributed by atoms with E-state index in [1.807, 2.05) is 51.1 Å². The van der Waals surface area contributed by atoms with Gasteiger partial charge in [-0.15, -0.1) is 0 Å². The number of benzene rings is 2. The number of carboxylic acids is 1. The van der Waals surface area contributed by atoms with Gasteiger partial charge in [0.05, 0.1) is 10.2 Å². The number of fused-ring (bicyclic) bond motifs is 1. The summed E-state index contributed by atoms with van der Waals surface area (Å²) in [6.07, 6.45) is 0.404. The molecule has 1 heterocycles. The number of carbonyl (C=O) groups is 2. The van der Waals surface area contributed by atoms with Crippen LogP contribution in [0.4, 0.5) is 0 Å². The van der Waals surface area contributed by atoms with E-state index in [0.29, 0.717) is 16.8 Å². The monoisotopic (exact) mass is 368 g/mol. The van der Waals surface area contributed by atoms with Crippen molar-refractivity contribution in [3.8, 4) is 0 Å². The van der Waals surface area contributed by atoms with Gasteiger partial charge in [0, 0.05) is 5.56 Å². The van der Waals surface area contributed by atoms with E-state index in [1.165, 1.54) is 11.3 Å². The van der Waals surface area contributed by atoms with E-state index in [-0.39, 0.29) is 5.91 Å². The first-order chi connectivity index (χ1) is 12.4. The molecular weight excluding hydrogens is 348 g/mol. The van der Waals surface area contributed by atoms with Crippen molar-refractivity contribution >= 4 is 33.4 Å². The molecular formula is C20H20N2O3S.